The number of urea groups is 1. The summed E-state index contributed by atoms with van der Waals surface area (Å²) in [6.07, 6.45) is 0.503. The Morgan fingerprint density at radius 1 is 1.15 bits per heavy atom. The number of rotatable bonds is 5. The van der Waals surface area contributed by atoms with Gasteiger partial charge in [0.25, 0.3) is 0 Å². The Morgan fingerprint density at radius 3 is 2.73 bits per heavy atom. The number of hydrogen-bond donors (Lipinski definition) is 2. The van der Waals surface area contributed by atoms with Gasteiger partial charge in [-0.25, -0.2) is 4.79 Å². The van der Waals surface area contributed by atoms with Crippen molar-refractivity contribution in [2.24, 2.45) is 0 Å². The predicted molar refractivity (Wildman–Crippen MR) is 105 cm³/mol. The van der Waals surface area contributed by atoms with Crippen LogP contribution < -0.4 is 15.4 Å². The van der Waals surface area contributed by atoms with E-state index in [-0.39, 0.29) is 0 Å². The molecule has 2 aromatic carbocycles. The Bertz CT molecular complexity index is 933. The fourth-order valence-corrected chi connectivity index (χ4v) is 3.44. The lowest BCUT2D eigenvalue weighted by Gasteiger charge is -2.09. The number of aromatic nitrogens is 2. The molecule has 1 heterocycles. The smallest absolute Gasteiger partial charge is 0.325 e. The van der Waals surface area contributed by atoms with Gasteiger partial charge in [0.2, 0.25) is 5.13 Å². The summed E-state index contributed by atoms with van der Waals surface area (Å²) < 4.78 is 5.20. The van der Waals surface area contributed by atoms with Crippen molar-refractivity contribution in [3.05, 3.63) is 63.1 Å². The van der Waals surface area contributed by atoms with Crippen LogP contribution in [0.15, 0.2) is 42.5 Å². The van der Waals surface area contributed by atoms with Crippen molar-refractivity contribution < 1.29 is 9.53 Å². The van der Waals surface area contributed by atoms with E-state index in [4.69, 9.17) is 27.9 Å². The molecular weight excluding hydrogens is 395 g/mol. The van der Waals surface area contributed by atoms with Gasteiger partial charge in [0.1, 0.15) is 10.8 Å². The standard InChI is InChI=1S/C17H14Cl2N4O2S/c1-25-14-5-3-2-4-13(14)20-16(24)21-17-23-22-15(26-17)8-10-6-7-11(18)9-12(10)19/h2-7,9H,8H2,1H3,(H2,20,21,23,24). The van der Waals surface area contributed by atoms with Gasteiger partial charge in [-0.15, -0.1) is 10.2 Å². The van der Waals surface area contributed by atoms with Crippen molar-refractivity contribution in [1.29, 1.82) is 0 Å². The van der Waals surface area contributed by atoms with Gasteiger partial charge >= 0.3 is 6.03 Å². The second-order valence-corrected chi connectivity index (χ2v) is 7.10. The van der Waals surface area contributed by atoms with Crippen molar-refractivity contribution in [1.82, 2.24) is 10.2 Å². The number of carbonyl (C=O) groups is 1. The maximum absolute atomic E-state index is 12.1. The molecule has 0 fully saturated rings. The highest BCUT2D eigenvalue weighted by molar-refractivity contribution is 7.15. The molecule has 134 valence electrons. The Balaban J connectivity index is 1.63. The largest absolute Gasteiger partial charge is 0.495 e. The van der Waals surface area contributed by atoms with Crippen LogP contribution in [0.5, 0.6) is 5.75 Å². The van der Waals surface area contributed by atoms with Crippen LogP contribution in [0, 0.1) is 0 Å². The minimum absolute atomic E-state index is 0.387. The fraction of sp³-hybridized carbons (Fsp3) is 0.118. The lowest BCUT2D eigenvalue weighted by atomic mass is 10.2. The molecule has 0 bridgehead atoms. The topological polar surface area (TPSA) is 76.1 Å². The second kappa shape index (κ2) is 8.35. The van der Waals surface area contributed by atoms with Crippen LogP contribution in [0.25, 0.3) is 0 Å². The molecule has 3 aromatic rings. The van der Waals surface area contributed by atoms with Crippen molar-refractivity contribution in [2.75, 3.05) is 17.7 Å². The number of amides is 2. The van der Waals surface area contributed by atoms with Crippen LogP contribution in [0.4, 0.5) is 15.6 Å². The molecule has 6 nitrogen and oxygen atoms in total. The van der Waals surface area contributed by atoms with Gasteiger partial charge in [-0.2, -0.15) is 0 Å². The van der Waals surface area contributed by atoms with Crippen molar-refractivity contribution in [3.8, 4) is 5.75 Å². The summed E-state index contributed by atoms with van der Waals surface area (Å²) in [6, 6.07) is 12.0. The van der Waals surface area contributed by atoms with Crippen LogP contribution in [-0.2, 0) is 6.42 Å². The molecule has 9 heteroatoms. The summed E-state index contributed by atoms with van der Waals surface area (Å²) in [5.74, 6) is 0.568. The zero-order valence-electron chi connectivity index (χ0n) is 13.6. The summed E-state index contributed by atoms with van der Waals surface area (Å²) in [4.78, 5) is 12.1. The molecule has 0 aliphatic carbocycles. The first-order chi connectivity index (χ1) is 12.5. The number of benzene rings is 2. The highest BCUT2D eigenvalue weighted by Crippen LogP contribution is 2.26. The first kappa shape index (κ1) is 18.4. The number of nitrogens with one attached hydrogen (secondary N) is 2. The van der Waals surface area contributed by atoms with E-state index in [2.05, 4.69) is 20.8 Å². The summed E-state index contributed by atoms with van der Waals surface area (Å²) >= 11 is 13.3. The molecule has 0 radical (unpaired) electrons. The van der Waals surface area contributed by atoms with E-state index < -0.39 is 6.03 Å². The monoisotopic (exact) mass is 408 g/mol. The van der Waals surface area contributed by atoms with E-state index in [1.54, 1.807) is 30.3 Å². The molecule has 0 spiro atoms. The summed E-state index contributed by atoms with van der Waals surface area (Å²) in [5.41, 5.74) is 1.45. The Labute approximate surface area is 164 Å². The molecule has 0 saturated heterocycles. The first-order valence-corrected chi connectivity index (χ1v) is 9.09. The van der Waals surface area contributed by atoms with Gasteiger partial charge in [0.05, 0.1) is 12.8 Å². The quantitative estimate of drug-likeness (QED) is 0.616. The van der Waals surface area contributed by atoms with Gasteiger partial charge in [-0.1, -0.05) is 52.7 Å². The number of para-hydroxylation sites is 2. The molecule has 26 heavy (non-hydrogen) atoms. The van der Waals surface area contributed by atoms with E-state index in [0.29, 0.717) is 33.0 Å². The third-order valence-corrected chi connectivity index (χ3v) is 4.82. The minimum atomic E-state index is -0.429. The number of anilines is 2. The number of carbonyl (C=O) groups excluding carboxylic acids is 1. The van der Waals surface area contributed by atoms with Crippen LogP contribution in [0.1, 0.15) is 10.6 Å². The van der Waals surface area contributed by atoms with Crippen molar-refractivity contribution in [3.63, 3.8) is 0 Å². The lowest BCUT2D eigenvalue weighted by molar-refractivity contribution is 0.262. The van der Waals surface area contributed by atoms with Crippen LogP contribution in [0.3, 0.4) is 0 Å². The molecule has 0 atom stereocenters. The normalized spacial score (nSPS) is 10.4. The zero-order chi connectivity index (χ0) is 18.5. The highest BCUT2D eigenvalue weighted by atomic mass is 35.5. The maximum atomic E-state index is 12.1. The van der Waals surface area contributed by atoms with E-state index in [1.807, 2.05) is 12.1 Å². The number of nitrogens with zero attached hydrogens (tertiary/aromatic N) is 2. The number of ether oxygens (including phenoxy) is 1. The average molecular weight is 409 g/mol. The van der Waals surface area contributed by atoms with E-state index in [0.717, 1.165) is 10.6 Å². The van der Waals surface area contributed by atoms with E-state index in [1.165, 1.54) is 18.4 Å². The predicted octanol–water partition coefficient (Wildman–Crippen LogP) is 5.09. The van der Waals surface area contributed by atoms with E-state index >= 15 is 0 Å². The maximum Gasteiger partial charge on any atom is 0.325 e. The number of hydrogen-bond acceptors (Lipinski definition) is 5. The molecule has 0 aliphatic rings. The van der Waals surface area contributed by atoms with Crippen LogP contribution in [0.2, 0.25) is 10.0 Å². The number of methoxy groups -OCH3 is 1. The molecule has 3 rings (SSSR count). The molecule has 2 amide bonds. The third kappa shape index (κ3) is 4.63. The van der Waals surface area contributed by atoms with Gasteiger partial charge in [0.15, 0.2) is 0 Å². The van der Waals surface area contributed by atoms with Crippen molar-refractivity contribution >= 4 is 51.4 Å². The third-order valence-electron chi connectivity index (χ3n) is 3.40. The Hall–Kier alpha value is -2.35. The van der Waals surface area contributed by atoms with Gasteiger partial charge in [-0.3, -0.25) is 5.32 Å². The van der Waals surface area contributed by atoms with Crippen LogP contribution in [-0.4, -0.2) is 23.3 Å². The zero-order valence-corrected chi connectivity index (χ0v) is 16.0. The molecule has 0 saturated carbocycles. The molecule has 2 N–H and O–H groups in total. The first-order valence-electron chi connectivity index (χ1n) is 7.52. The van der Waals surface area contributed by atoms with Gasteiger partial charge in [-0.05, 0) is 29.8 Å². The molecular formula is C17H14Cl2N4O2S. The minimum Gasteiger partial charge on any atom is -0.495 e. The Morgan fingerprint density at radius 2 is 1.96 bits per heavy atom. The van der Waals surface area contributed by atoms with Gasteiger partial charge in [0, 0.05) is 16.5 Å². The SMILES string of the molecule is COc1ccccc1NC(=O)Nc1nnc(Cc2ccc(Cl)cc2Cl)s1. The summed E-state index contributed by atoms with van der Waals surface area (Å²) in [5, 5.41) is 15.7. The molecule has 1 aromatic heterocycles. The van der Waals surface area contributed by atoms with Gasteiger partial charge < -0.3 is 10.1 Å². The van der Waals surface area contributed by atoms with Crippen LogP contribution >= 0.6 is 34.5 Å². The fourth-order valence-electron chi connectivity index (χ4n) is 2.20. The average Bonchev–Trinajstić information content (AvgIpc) is 3.04. The Kier molecular flexibility index (Phi) is 5.92. The van der Waals surface area contributed by atoms with Crippen molar-refractivity contribution in [2.45, 2.75) is 6.42 Å². The summed E-state index contributed by atoms with van der Waals surface area (Å²) in [6.45, 7) is 0. The number of halogens is 2. The second-order valence-electron chi connectivity index (χ2n) is 5.19. The highest BCUT2D eigenvalue weighted by Gasteiger charge is 2.12. The molecule has 0 aliphatic heterocycles. The summed E-state index contributed by atoms with van der Waals surface area (Å²) in [7, 11) is 1.54. The lowest BCUT2D eigenvalue weighted by Crippen LogP contribution is -2.19. The van der Waals surface area contributed by atoms with E-state index in [9.17, 15) is 4.79 Å². The molecule has 0 unspecified atom stereocenters.